The molecule has 0 spiro atoms. The van der Waals surface area contributed by atoms with Gasteiger partial charge in [0.1, 0.15) is 0 Å². The Labute approximate surface area is 202 Å². The Morgan fingerprint density at radius 2 is 1.03 bits per heavy atom. The number of aliphatic hydroxyl groups is 2. The Morgan fingerprint density at radius 3 is 1.32 bits per heavy atom. The molecule has 4 atom stereocenters. The molecule has 0 saturated carbocycles. The van der Waals surface area contributed by atoms with Gasteiger partial charge in [0.25, 0.3) is 0 Å². The Morgan fingerprint density at radius 1 is 0.676 bits per heavy atom. The fourth-order valence-electron chi connectivity index (χ4n) is 4.21. The largest absolute Gasteiger partial charge is 0.390 e. The maximum absolute atomic E-state index is 12.0. The van der Waals surface area contributed by atoms with E-state index in [0.29, 0.717) is 0 Å². The van der Waals surface area contributed by atoms with E-state index >= 15 is 0 Å². The monoisotopic (exact) mass is 510 g/mol. The molecular weight excluding hydrogens is 476 g/mol. The minimum atomic E-state index is -3.39. The second-order valence-corrected chi connectivity index (χ2v) is 12.8. The number of aliphatic hydroxyl groups excluding tert-OH is 2. The number of hydrogen-bond acceptors (Lipinski definition) is 8. The Hall–Kier alpha value is -1.82. The first-order valence-corrected chi connectivity index (χ1v) is 14.9. The molecule has 2 fully saturated rings. The molecule has 2 aromatic carbocycles. The van der Waals surface area contributed by atoms with Gasteiger partial charge in [0.05, 0.1) is 33.5 Å². The molecule has 2 aliphatic rings. The zero-order valence-corrected chi connectivity index (χ0v) is 20.7. The molecule has 10 heteroatoms. The lowest BCUT2D eigenvalue weighted by molar-refractivity contribution is 0.156. The molecule has 4 N–H and O–H groups in total. The average molecular weight is 511 g/mol. The maximum atomic E-state index is 12.0. The smallest absolute Gasteiger partial charge is 0.180 e. The summed E-state index contributed by atoms with van der Waals surface area (Å²) in [6, 6.07) is 16.4. The van der Waals surface area contributed by atoms with Gasteiger partial charge in [-0.1, -0.05) is 36.4 Å². The third-order valence-electron chi connectivity index (χ3n) is 6.11. The lowest BCUT2D eigenvalue weighted by atomic mass is 10.1. The second kappa shape index (κ2) is 12.2. The van der Waals surface area contributed by atoms with Crippen molar-refractivity contribution in [2.45, 2.75) is 59.8 Å². The summed E-state index contributed by atoms with van der Waals surface area (Å²) in [5.74, 6) is -0.427. The number of benzene rings is 2. The Bertz CT molecular complexity index is 993. The van der Waals surface area contributed by atoms with Crippen LogP contribution in [0.25, 0.3) is 0 Å². The van der Waals surface area contributed by atoms with E-state index in [4.69, 9.17) is 0 Å². The minimum Gasteiger partial charge on any atom is -0.390 e. The summed E-state index contributed by atoms with van der Waals surface area (Å²) in [5, 5.41) is 26.0. The predicted molar refractivity (Wildman–Crippen MR) is 131 cm³/mol. The highest BCUT2D eigenvalue weighted by atomic mass is 32.2. The predicted octanol–water partition coefficient (Wildman–Crippen LogP) is 1.15. The minimum absolute atomic E-state index is 0.0894. The second-order valence-electron chi connectivity index (χ2n) is 8.73. The molecule has 0 bridgehead atoms. The van der Waals surface area contributed by atoms with Crippen LogP contribution in [0.2, 0.25) is 0 Å². The van der Waals surface area contributed by atoms with Crippen LogP contribution >= 0.6 is 0 Å². The molecule has 0 radical (unpaired) electrons. The Balaban J connectivity index is 0.000000191. The quantitative estimate of drug-likeness (QED) is 0.416. The van der Waals surface area contributed by atoms with E-state index < -0.39 is 31.9 Å². The average Bonchev–Trinajstić information content (AvgIpc) is 3.55. The molecule has 2 heterocycles. The van der Waals surface area contributed by atoms with Crippen LogP contribution in [-0.2, 0) is 19.7 Å². The summed E-state index contributed by atoms with van der Waals surface area (Å²) in [7, 11) is -6.77. The van der Waals surface area contributed by atoms with Crippen LogP contribution in [0.3, 0.4) is 0 Å². The van der Waals surface area contributed by atoms with Gasteiger partial charge in [-0.2, -0.15) is 0 Å². The molecule has 0 amide bonds. The van der Waals surface area contributed by atoms with Crippen molar-refractivity contribution in [1.29, 1.82) is 0 Å². The van der Waals surface area contributed by atoms with Crippen molar-refractivity contribution >= 4 is 19.7 Å². The van der Waals surface area contributed by atoms with Gasteiger partial charge in [-0.25, -0.2) is 16.8 Å². The van der Waals surface area contributed by atoms with Crippen molar-refractivity contribution in [3.63, 3.8) is 0 Å². The molecule has 8 nitrogen and oxygen atoms in total. The molecule has 2 saturated heterocycles. The first kappa shape index (κ1) is 26.8. The van der Waals surface area contributed by atoms with Gasteiger partial charge >= 0.3 is 0 Å². The van der Waals surface area contributed by atoms with Crippen molar-refractivity contribution in [1.82, 2.24) is 10.6 Å². The van der Waals surface area contributed by atoms with E-state index in [-0.39, 0.29) is 33.4 Å². The number of rotatable bonds is 8. The van der Waals surface area contributed by atoms with Crippen LogP contribution < -0.4 is 10.6 Å². The van der Waals surface area contributed by atoms with Gasteiger partial charge in [0.2, 0.25) is 0 Å². The third kappa shape index (κ3) is 7.59. The molecule has 0 unspecified atom stereocenters. The Kier molecular flexibility index (Phi) is 9.64. The molecule has 34 heavy (non-hydrogen) atoms. The topological polar surface area (TPSA) is 133 Å². The molecule has 0 aromatic heterocycles. The normalized spacial score (nSPS) is 22.5. The van der Waals surface area contributed by atoms with E-state index in [1.807, 2.05) is 0 Å². The molecule has 2 aliphatic heterocycles. The van der Waals surface area contributed by atoms with Crippen LogP contribution in [0.15, 0.2) is 70.5 Å². The summed E-state index contributed by atoms with van der Waals surface area (Å²) in [6.07, 6.45) is 2.00. The standard InChI is InChI=1S/2C12H17NO3S/c2*14-12(11-7-4-8-13-11)9-17(15,16)10-5-2-1-3-6-10/h2*1-3,5-6,11-14H,4,7-9H2/t2*11-,12+/m10/s1. The van der Waals surface area contributed by atoms with Crippen molar-refractivity contribution in [2.24, 2.45) is 0 Å². The summed E-state index contributed by atoms with van der Waals surface area (Å²) in [6.45, 7) is 1.71. The highest BCUT2D eigenvalue weighted by Gasteiger charge is 2.29. The maximum Gasteiger partial charge on any atom is 0.180 e. The summed E-state index contributed by atoms with van der Waals surface area (Å²) >= 11 is 0. The van der Waals surface area contributed by atoms with Crippen molar-refractivity contribution < 1.29 is 27.0 Å². The third-order valence-corrected chi connectivity index (χ3v) is 9.65. The molecule has 4 rings (SSSR count). The number of nitrogens with one attached hydrogen (secondary N) is 2. The van der Waals surface area contributed by atoms with Gasteiger partial charge in [-0.3, -0.25) is 0 Å². The SMILES string of the molecule is O=S(=O)(C[C@@H](O)[C@@H]1CCCN1)c1ccccc1.O=S(=O)(C[C@H](O)[C@H]1CCCN1)c1ccccc1. The molecular formula is C24H34N2O6S2. The van der Waals surface area contributed by atoms with Crippen LogP contribution in [0.4, 0.5) is 0 Å². The number of hydrogen-bond donors (Lipinski definition) is 4. The number of sulfone groups is 2. The first-order chi connectivity index (χ1) is 16.2. The fraction of sp³-hybridized carbons (Fsp3) is 0.500. The van der Waals surface area contributed by atoms with Crippen LogP contribution in [0.5, 0.6) is 0 Å². The lowest BCUT2D eigenvalue weighted by Gasteiger charge is -2.18. The first-order valence-electron chi connectivity index (χ1n) is 11.6. The van der Waals surface area contributed by atoms with E-state index in [2.05, 4.69) is 10.6 Å². The molecule has 2 aromatic rings. The van der Waals surface area contributed by atoms with E-state index in [1.54, 1.807) is 60.7 Å². The van der Waals surface area contributed by atoms with Gasteiger partial charge < -0.3 is 20.8 Å². The highest BCUT2D eigenvalue weighted by molar-refractivity contribution is 7.91. The van der Waals surface area contributed by atoms with E-state index in [1.165, 1.54) is 0 Å². The van der Waals surface area contributed by atoms with E-state index in [9.17, 15) is 27.0 Å². The zero-order chi connectivity index (χ0) is 24.6. The summed E-state index contributed by atoms with van der Waals surface area (Å²) in [5.41, 5.74) is 0. The summed E-state index contributed by atoms with van der Waals surface area (Å²) < 4.78 is 48.0. The summed E-state index contributed by atoms with van der Waals surface area (Å²) in [4.78, 5) is 0.550. The van der Waals surface area contributed by atoms with Gasteiger partial charge in [0, 0.05) is 12.1 Å². The highest BCUT2D eigenvalue weighted by Crippen LogP contribution is 2.17. The zero-order valence-electron chi connectivity index (χ0n) is 19.1. The van der Waals surface area contributed by atoms with E-state index in [0.717, 1.165) is 38.8 Å². The molecule has 188 valence electrons. The van der Waals surface area contributed by atoms with Crippen molar-refractivity contribution in [3.8, 4) is 0 Å². The van der Waals surface area contributed by atoms with Crippen molar-refractivity contribution in [3.05, 3.63) is 60.7 Å². The van der Waals surface area contributed by atoms with Crippen LogP contribution in [0.1, 0.15) is 25.7 Å². The fourth-order valence-corrected chi connectivity index (χ4v) is 7.10. The van der Waals surface area contributed by atoms with Crippen LogP contribution in [0, 0.1) is 0 Å². The van der Waals surface area contributed by atoms with Crippen LogP contribution in [-0.4, -0.2) is 75.9 Å². The van der Waals surface area contributed by atoms with Crippen molar-refractivity contribution in [2.75, 3.05) is 24.6 Å². The van der Waals surface area contributed by atoms with Gasteiger partial charge in [-0.05, 0) is 63.0 Å². The lowest BCUT2D eigenvalue weighted by Crippen LogP contribution is -2.39. The van der Waals surface area contributed by atoms with Gasteiger partial charge in [0.15, 0.2) is 19.7 Å². The van der Waals surface area contributed by atoms with Gasteiger partial charge in [-0.15, -0.1) is 0 Å². The molecule has 0 aliphatic carbocycles.